The molecule has 10 heteroatoms. The van der Waals surface area contributed by atoms with Gasteiger partial charge >= 0.3 is 6.01 Å². The number of amides is 1. The van der Waals surface area contributed by atoms with Crippen molar-refractivity contribution >= 4 is 39.2 Å². The lowest BCUT2D eigenvalue weighted by molar-refractivity contribution is 0.102. The van der Waals surface area contributed by atoms with Crippen molar-refractivity contribution in [3.8, 4) is 6.01 Å². The maximum Gasteiger partial charge on any atom is 0.316 e. The van der Waals surface area contributed by atoms with Gasteiger partial charge in [-0.05, 0) is 32.0 Å². The van der Waals surface area contributed by atoms with Crippen LogP contribution in [0.4, 0.5) is 11.5 Å². The summed E-state index contributed by atoms with van der Waals surface area (Å²) in [5.74, 6) is 0.145. The highest BCUT2D eigenvalue weighted by molar-refractivity contribution is 6.15. The molecule has 2 atom stereocenters. The van der Waals surface area contributed by atoms with Crippen molar-refractivity contribution < 1.29 is 9.53 Å². The Kier molecular flexibility index (Phi) is 5.29. The van der Waals surface area contributed by atoms with Crippen LogP contribution in [0, 0.1) is 0 Å². The number of rotatable bonds is 4. The number of pyridine rings is 1. The topological polar surface area (TPSA) is 110 Å². The highest BCUT2D eigenvalue weighted by atomic mass is 16.5. The van der Waals surface area contributed by atoms with Gasteiger partial charge in [-0.2, -0.15) is 10.1 Å². The largest absolute Gasteiger partial charge is 0.467 e. The van der Waals surface area contributed by atoms with Gasteiger partial charge in [-0.1, -0.05) is 0 Å². The maximum absolute atomic E-state index is 13.4. The molecule has 33 heavy (non-hydrogen) atoms. The van der Waals surface area contributed by atoms with Gasteiger partial charge in [0.05, 0.1) is 35.3 Å². The molecule has 10 nitrogen and oxygen atoms in total. The molecule has 4 heterocycles. The lowest BCUT2D eigenvalue weighted by Crippen LogP contribution is -2.54. The molecule has 5 rings (SSSR count). The van der Waals surface area contributed by atoms with Gasteiger partial charge in [0.2, 0.25) is 0 Å². The molecular weight excluding hydrogens is 420 g/mol. The van der Waals surface area contributed by atoms with Crippen LogP contribution < -0.4 is 20.3 Å². The second kappa shape index (κ2) is 8.28. The van der Waals surface area contributed by atoms with Gasteiger partial charge in [-0.15, -0.1) is 0 Å². The summed E-state index contributed by atoms with van der Waals surface area (Å²) in [5, 5.41) is 12.3. The van der Waals surface area contributed by atoms with E-state index in [2.05, 4.69) is 49.4 Å². The highest BCUT2D eigenvalue weighted by Gasteiger charge is 2.25. The molecule has 1 aliphatic heterocycles. The summed E-state index contributed by atoms with van der Waals surface area (Å²) in [5.41, 5.74) is 2.84. The van der Waals surface area contributed by atoms with E-state index in [1.165, 1.54) is 7.11 Å². The quantitative estimate of drug-likeness (QED) is 0.492. The Morgan fingerprint density at radius 3 is 2.67 bits per heavy atom. The number of aromatic nitrogens is 5. The van der Waals surface area contributed by atoms with Crippen LogP contribution in [0.15, 0.2) is 36.8 Å². The monoisotopic (exact) mass is 446 g/mol. The number of nitrogens with one attached hydrogen (secondary N) is 2. The lowest BCUT2D eigenvalue weighted by Gasteiger charge is -2.38. The first-order valence-corrected chi connectivity index (χ1v) is 10.9. The third kappa shape index (κ3) is 3.82. The molecule has 1 saturated heterocycles. The van der Waals surface area contributed by atoms with Gasteiger partial charge in [0.25, 0.3) is 5.91 Å². The average molecular weight is 447 g/mol. The molecule has 0 spiro atoms. The molecule has 1 fully saturated rings. The van der Waals surface area contributed by atoms with Crippen molar-refractivity contribution in [3.63, 3.8) is 0 Å². The van der Waals surface area contributed by atoms with Gasteiger partial charge in [0, 0.05) is 55.7 Å². The number of aryl methyl sites for hydroxylation is 1. The number of carbonyl (C=O) groups excluding carboxylic acids is 1. The molecule has 0 radical (unpaired) electrons. The molecule has 1 amide bonds. The van der Waals surface area contributed by atoms with Crippen LogP contribution >= 0.6 is 0 Å². The minimum Gasteiger partial charge on any atom is -0.467 e. The third-order valence-electron chi connectivity index (χ3n) is 5.94. The van der Waals surface area contributed by atoms with E-state index in [0.717, 1.165) is 35.1 Å². The Balaban J connectivity index is 1.57. The molecular formula is C23H26N8O2. The zero-order valence-electron chi connectivity index (χ0n) is 19.0. The molecule has 170 valence electrons. The number of fused-ring (bicyclic) bond motifs is 2. The van der Waals surface area contributed by atoms with Crippen molar-refractivity contribution in [2.45, 2.75) is 25.9 Å². The smallest absolute Gasteiger partial charge is 0.316 e. The summed E-state index contributed by atoms with van der Waals surface area (Å²) in [6, 6.07) is 6.53. The number of benzene rings is 1. The fraction of sp³-hybridized carbons (Fsp3) is 0.348. The van der Waals surface area contributed by atoms with Gasteiger partial charge in [-0.25, -0.2) is 9.97 Å². The summed E-state index contributed by atoms with van der Waals surface area (Å²) < 4.78 is 6.99. The minimum absolute atomic E-state index is 0.211. The molecule has 0 saturated carbocycles. The Morgan fingerprint density at radius 2 is 1.91 bits per heavy atom. The van der Waals surface area contributed by atoms with Crippen LogP contribution in [-0.4, -0.2) is 62.9 Å². The normalized spacial score (nSPS) is 18.6. The van der Waals surface area contributed by atoms with Crippen LogP contribution in [-0.2, 0) is 7.05 Å². The van der Waals surface area contributed by atoms with Crippen molar-refractivity contribution in [1.29, 1.82) is 0 Å². The van der Waals surface area contributed by atoms with E-state index in [-0.39, 0.29) is 11.9 Å². The molecule has 1 aliphatic rings. The Hall–Kier alpha value is -3.79. The second-order valence-corrected chi connectivity index (χ2v) is 8.44. The van der Waals surface area contributed by atoms with E-state index in [4.69, 9.17) is 4.74 Å². The van der Waals surface area contributed by atoms with E-state index in [1.807, 2.05) is 19.2 Å². The van der Waals surface area contributed by atoms with E-state index in [0.29, 0.717) is 29.0 Å². The third-order valence-corrected chi connectivity index (χ3v) is 5.94. The predicted molar refractivity (Wildman–Crippen MR) is 127 cm³/mol. The number of hydrogen-bond donors (Lipinski definition) is 2. The van der Waals surface area contributed by atoms with E-state index >= 15 is 0 Å². The first kappa shape index (κ1) is 21.1. The summed E-state index contributed by atoms with van der Waals surface area (Å²) in [6.45, 7) is 6.03. The molecule has 4 aromatic rings. The highest BCUT2D eigenvalue weighted by Crippen LogP contribution is 2.31. The molecule has 0 bridgehead atoms. The van der Waals surface area contributed by atoms with Gasteiger partial charge in [0.1, 0.15) is 5.82 Å². The van der Waals surface area contributed by atoms with Crippen molar-refractivity contribution in [3.05, 3.63) is 42.4 Å². The summed E-state index contributed by atoms with van der Waals surface area (Å²) >= 11 is 0. The molecule has 0 aliphatic carbocycles. The van der Waals surface area contributed by atoms with E-state index < -0.39 is 0 Å². The average Bonchev–Trinajstić information content (AvgIpc) is 3.19. The molecule has 3 aromatic heterocycles. The number of hydrogen-bond acceptors (Lipinski definition) is 8. The van der Waals surface area contributed by atoms with Crippen molar-refractivity contribution in [2.75, 3.05) is 30.4 Å². The second-order valence-electron chi connectivity index (χ2n) is 8.44. The van der Waals surface area contributed by atoms with Crippen molar-refractivity contribution in [1.82, 2.24) is 30.0 Å². The summed E-state index contributed by atoms with van der Waals surface area (Å²) in [6.07, 6.45) is 5.07. The fourth-order valence-electron chi connectivity index (χ4n) is 4.52. The lowest BCUT2D eigenvalue weighted by atomic mass is 10.0. The standard InChI is InChI=1S/C23H26N8O2/c1-13-11-31(12-14(2)27-13)19-6-5-15(20-16(19)9-25-23(28-20)33-4)22(32)29-21-17-10-26-30(3)18(17)7-8-24-21/h5-10,13-14,27H,11-12H2,1-4H3,(H,24,29,32)/t13-,14+. The minimum atomic E-state index is -0.307. The van der Waals surface area contributed by atoms with Crippen LogP contribution in [0.3, 0.4) is 0 Å². The van der Waals surface area contributed by atoms with E-state index in [9.17, 15) is 4.79 Å². The Bertz CT molecular complexity index is 1340. The molecule has 2 N–H and O–H groups in total. The first-order chi connectivity index (χ1) is 15.9. The van der Waals surface area contributed by atoms with Gasteiger partial charge in [-0.3, -0.25) is 9.48 Å². The number of ether oxygens (including phenoxy) is 1. The predicted octanol–water partition coefficient (Wildman–Crippen LogP) is 2.36. The number of nitrogens with zero attached hydrogens (tertiary/aromatic N) is 6. The van der Waals surface area contributed by atoms with Gasteiger partial charge < -0.3 is 20.3 Å². The van der Waals surface area contributed by atoms with E-state index in [1.54, 1.807) is 29.3 Å². The van der Waals surface area contributed by atoms with Gasteiger partial charge in [0.15, 0.2) is 0 Å². The van der Waals surface area contributed by atoms with Crippen LogP contribution in [0.1, 0.15) is 24.2 Å². The SMILES string of the molecule is COc1ncc2c(N3C[C@@H](C)N[C@@H](C)C3)ccc(C(=O)Nc3nccc4c3cnn4C)c2n1. The summed E-state index contributed by atoms with van der Waals surface area (Å²) in [7, 11) is 3.36. The van der Waals surface area contributed by atoms with Crippen LogP contribution in [0.2, 0.25) is 0 Å². The molecule has 1 aromatic carbocycles. The maximum atomic E-state index is 13.4. The zero-order chi connectivity index (χ0) is 23.1. The van der Waals surface area contributed by atoms with Crippen LogP contribution in [0.25, 0.3) is 21.8 Å². The Labute approximate surface area is 191 Å². The number of anilines is 2. The number of carbonyl (C=O) groups is 1. The summed E-state index contributed by atoms with van der Waals surface area (Å²) in [4.78, 5) is 28.9. The Morgan fingerprint density at radius 1 is 1.12 bits per heavy atom. The number of methoxy groups -OCH3 is 1. The van der Waals surface area contributed by atoms with Crippen molar-refractivity contribution in [2.24, 2.45) is 7.05 Å². The van der Waals surface area contributed by atoms with Crippen LogP contribution in [0.5, 0.6) is 6.01 Å². The fourth-order valence-corrected chi connectivity index (χ4v) is 4.52. The number of piperazine rings is 1. The zero-order valence-corrected chi connectivity index (χ0v) is 19.0. The first-order valence-electron chi connectivity index (χ1n) is 10.9. The molecule has 0 unspecified atom stereocenters.